The van der Waals surface area contributed by atoms with E-state index in [1.165, 1.54) is 0 Å². The molecule has 4 rings (SSSR count). The maximum Gasteiger partial charge on any atom is 0.256 e. The number of halogens is 1. The molecule has 2 heterocycles. The summed E-state index contributed by atoms with van der Waals surface area (Å²) in [5.41, 5.74) is 1.96. The first-order chi connectivity index (χ1) is 14.6. The normalized spacial score (nSPS) is 10.7. The molecule has 30 heavy (non-hydrogen) atoms. The maximum atomic E-state index is 12.5. The summed E-state index contributed by atoms with van der Waals surface area (Å²) in [7, 11) is 0. The summed E-state index contributed by atoms with van der Waals surface area (Å²) in [5, 5.41) is 6.52. The Balaban J connectivity index is 1.35. The van der Waals surface area contributed by atoms with Gasteiger partial charge in [-0.2, -0.15) is 0 Å². The number of fused-ring (bicyclic) bond motifs is 1. The molecule has 150 valence electrons. The van der Waals surface area contributed by atoms with Gasteiger partial charge in [0.1, 0.15) is 5.82 Å². The van der Waals surface area contributed by atoms with E-state index >= 15 is 0 Å². The molecule has 2 aromatic carbocycles. The summed E-state index contributed by atoms with van der Waals surface area (Å²) < 4.78 is 1.95. The van der Waals surface area contributed by atoms with E-state index < -0.39 is 0 Å². The van der Waals surface area contributed by atoms with Crippen molar-refractivity contribution in [1.29, 1.82) is 0 Å². The number of nitrogens with one attached hydrogen (secondary N) is 2. The molecule has 0 bridgehead atoms. The van der Waals surface area contributed by atoms with Crippen LogP contribution in [0, 0.1) is 0 Å². The number of nitrogens with zero attached hydrogens (tertiary/aromatic N) is 2. The number of benzene rings is 2. The molecule has 4 aromatic rings. The van der Waals surface area contributed by atoms with Gasteiger partial charge in [-0.05, 0) is 58.4 Å². The lowest BCUT2D eigenvalue weighted by Gasteiger charge is -2.08. The topological polar surface area (TPSA) is 84.0 Å². The van der Waals surface area contributed by atoms with E-state index in [0.29, 0.717) is 29.9 Å². The Morgan fingerprint density at radius 2 is 1.87 bits per heavy atom. The first-order valence-electron chi connectivity index (χ1n) is 9.24. The van der Waals surface area contributed by atoms with E-state index in [1.54, 1.807) is 53.9 Å². The fourth-order valence-electron chi connectivity index (χ4n) is 2.85. The molecule has 2 N–H and O–H groups in total. The summed E-state index contributed by atoms with van der Waals surface area (Å²) in [4.78, 5) is 33.5. The van der Waals surface area contributed by atoms with Crippen LogP contribution in [0.1, 0.15) is 21.8 Å². The fourth-order valence-corrected chi connectivity index (χ4v) is 4.05. The molecule has 2 aromatic heterocycles. The fraction of sp³-hybridized carbons (Fsp3) is 0.0909. The quantitative estimate of drug-likeness (QED) is 0.393. The third kappa shape index (κ3) is 5.08. The lowest BCUT2D eigenvalue weighted by molar-refractivity contribution is -0.116. The molecular formula is C22H17BrN4O2S. The standard InChI is InChI=1S/C22H17BrN4O2S/c23-15-8-9-19(24-13-15)27-22(29)14-4-3-5-16(12-14)25-20(28)10-11-21-26-17-6-1-2-7-18(17)30-21/h1-9,12-13H,10-11H2,(H,25,28)(H,24,27,29). The van der Waals surface area contributed by atoms with E-state index in [4.69, 9.17) is 0 Å². The maximum absolute atomic E-state index is 12.5. The van der Waals surface area contributed by atoms with Crippen molar-refractivity contribution in [3.05, 3.63) is 81.9 Å². The molecule has 0 aliphatic heterocycles. The van der Waals surface area contributed by atoms with Crippen LogP contribution in [0.15, 0.2) is 71.3 Å². The van der Waals surface area contributed by atoms with Gasteiger partial charge in [0.2, 0.25) is 5.91 Å². The SMILES string of the molecule is O=C(CCc1nc2ccccc2s1)Nc1cccc(C(=O)Nc2ccc(Br)cn2)c1. The number of hydrogen-bond donors (Lipinski definition) is 2. The average molecular weight is 481 g/mol. The molecule has 2 amide bonds. The van der Waals surface area contributed by atoms with Crippen LogP contribution in [0.4, 0.5) is 11.5 Å². The second-order valence-corrected chi connectivity index (χ2v) is 8.55. The van der Waals surface area contributed by atoms with Gasteiger partial charge in [-0.15, -0.1) is 11.3 Å². The Labute approximate surface area is 185 Å². The van der Waals surface area contributed by atoms with Crippen LogP contribution in [-0.4, -0.2) is 21.8 Å². The summed E-state index contributed by atoms with van der Waals surface area (Å²) in [6.45, 7) is 0. The summed E-state index contributed by atoms with van der Waals surface area (Å²) in [6.07, 6.45) is 2.50. The van der Waals surface area contributed by atoms with E-state index in [9.17, 15) is 9.59 Å². The average Bonchev–Trinajstić information content (AvgIpc) is 3.17. The van der Waals surface area contributed by atoms with Crippen molar-refractivity contribution in [3.63, 3.8) is 0 Å². The Kier molecular flexibility index (Phi) is 6.15. The number of anilines is 2. The van der Waals surface area contributed by atoms with Gasteiger partial charge < -0.3 is 10.6 Å². The van der Waals surface area contributed by atoms with E-state index in [0.717, 1.165) is 19.7 Å². The molecular weight excluding hydrogens is 464 g/mol. The number of rotatable bonds is 6. The van der Waals surface area contributed by atoms with Crippen LogP contribution in [0.3, 0.4) is 0 Å². The van der Waals surface area contributed by atoms with Crippen molar-refractivity contribution in [2.24, 2.45) is 0 Å². The summed E-state index contributed by atoms with van der Waals surface area (Å²) in [5.74, 6) is 0.0326. The number of amides is 2. The van der Waals surface area contributed by atoms with Crippen molar-refractivity contribution < 1.29 is 9.59 Å². The van der Waals surface area contributed by atoms with Crippen LogP contribution in [0.2, 0.25) is 0 Å². The largest absolute Gasteiger partial charge is 0.326 e. The highest BCUT2D eigenvalue weighted by Gasteiger charge is 2.10. The van der Waals surface area contributed by atoms with Gasteiger partial charge in [-0.3, -0.25) is 9.59 Å². The van der Waals surface area contributed by atoms with Crippen molar-refractivity contribution in [3.8, 4) is 0 Å². The highest BCUT2D eigenvalue weighted by molar-refractivity contribution is 9.10. The van der Waals surface area contributed by atoms with Crippen LogP contribution < -0.4 is 10.6 Å². The van der Waals surface area contributed by atoms with E-state index in [2.05, 4.69) is 36.5 Å². The first kappa shape index (κ1) is 20.2. The molecule has 6 nitrogen and oxygen atoms in total. The molecule has 0 fully saturated rings. The minimum Gasteiger partial charge on any atom is -0.326 e. The Bertz CT molecular complexity index is 1170. The minimum atomic E-state index is -0.296. The highest BCUT2D eigenvalue weighted by Crippen LogP contribution is 2.22. The third-order valence-corrected chi connectivity index (χ3v) is 5.85. The number of carbonyl (C=O) groups excluding carboxylic acids is 2. The number of hydrogen-bond acceptors (Lipinski definition) is 5. The number of pyridine rings is 1. The van der Waals surface area contributed by atoms with Gasteiger partial charge >= 0.3 is 0 Å². The molecule has 0 saturated heterocycles. The number of para-hydroxylation sites is 1. The second kappa shape index (κ2) is 9.15. The molecule has 0 radical (unpaired) electrons. The zero-order chi connectivity index (χ0) is 20.9. The predicted octanol–water partition coefficient (Wildman–Crippen LogP) is 5.28. The zero-order valence-electron chi connectivity index (χ0n) is 15.8. The molecule has 0 unspecified atom stereocenters. The van der Waals surface area contributed by atoms with E-state index in [-0.39, 0.29) is 11.8 Å². The van der Waals surface area contributed by atoms with Crippen LogP contribution in [-0.2, 0) is 11.2 Å². The summed E-state index contributed by atoms with van der Waals surface area (Å²) in [6, 6.07) is 18.2. The number of carbonyl (C=O) groups is 2. The lowest BCUT2D eigenvalue weighted by Crippen LogP contribution is -2.15. The number of aryl methyl sites for hydroxylation is 1. The number of thiazole rings is 1. The minimum absolute atomic E-state index is 0.124. The van der Waals surface area contributed by atoms with Crippen LogP contribution in [0.25, 0.3) is 10.2 Å². The Morgan fingerprint density at radius 1 is 1.00 bits per heavy atom. The van der Waals surface area contributed by atoms with Crippen LogP contribution >= 0.6 is 27.3 Å². The lowest BCUT2D eigenvalue weighted by atomic mass is 10.2. The van der Waals surface area contributed by atoms with Crippen molar-refractivity contribution in [2.75, 3.05) is 10.6 Å². The van der Waals surface area contributed by atoms with Crippen LogP contribution in [0.5, 0.6) is 0 Å². The predicted molar refractivity (Wildman–Crippen MR) is 123 cm³/mol. The van der Waals surface area contributed by atoms with Crippen molar-refractivity contribution in [2.45, 2.75) is 12.8 Å². The van der Waals surface area contributed by atoms with Gasteiger partial charge in [-0.1, -0.05) is 18.2 Å². The Hall–Kier alpha value is -3.10. The smallest absolute Gasteiger partial charge is 0.256 e. The summed E-state index contributed by atoms with van der Waals surface area (Å²) >= 11 is 4.91. The molecule has 0 atom stereocenters. The highest BCUT2D eigenvalue weighted by atomic mass is 79.9. The monoisotopic (exact) mass is 480 g/mol. The third-order valence-electron chi connectivity index (χ3n) is 4.28. The first-order valence-corrected chi connectivity index (χ1v) is 10.8. The molecule has 0 aliphatic carbocycles. The molecule has 0 spiro atoms. The molecule has 0 saturated carbocycles. The van der Waals surface area contributed by atoms with Gasteiger partial charge in [0, 0.05) is 34.8 Å². The van der Waals surface area contributed by atoms with Gasteiger partial charge in [0.25, 0.3) is 5.91 Å². The van der Waals surface area contributed by atoms with Gasteiger partial charge in [-0.25, -0.2) is 9.97 Å². The Morgan fingerprint density at radius 3 is 2.67 bits per heavy atom. The molecule has 8 heteroatoms. The van der Waals surface area contributed by atoms with Crippen molar-refractivity contribution in [1.82, 2.24) is 9.97 Å². The van der Waals surface area contributed by atoms with E-state index in [1.807, 2.05) is 24.3 Å². The van der Waals surface area contributed by atoms with Gasteiger partial charge in [0.05, 0.1) is 15.2 Å². The molecule has 0 aliphatic rings. The zero-order valence-corrected chi connectivity index (χ0v) is 18.2. The van der Waals surface area contributed by atoms with Gasteiger partial charge in [0.15, 0.2) is 0 Å². The second-order valence-electron chi connectivity index (χ2n) is 6.52. The number of aromatic nitrogens is 2. The van der Waals surface area contributed by atoms with Crippen molar-refractivity contribution >= 4 is 60.8 Å².